The molecule has 0 fully saturated rings. The van der Waals surface area contributed by atoms with E-state index >= 15 is 0 Å². The Kier molecular flexibility index (Phi) is 2.04. The molecule has 1 heterocycles. The zero-order chi connectivity index (χ0) is 9.10. The van der Waals surface area contributed by atoms with Crippen LogP contribution in [0.5, 0.6) is 0 Å². The van der Waals surface area contributed by atoms with Crippen molar-refractivity contribution in [2.45, 2.75) is 6.42 Å². The molecule has 2 heteroatoms. The van der Waals surface area contributed by atoms with E-state index in [-0.39, 0.29) is 0 Å². The van der Waals surface area contributed by atoms with Crippen LogP contribution in [0.2, 0.25) is 0 Å². The molecule has 63 valence electrons. The highest BCUT2D eigenvalue weighted by atomic mass is 16.1. The maximum atomic E-state index is 10.3. The highest BCUT2D eigenvalue weighted by Gasteiger charge is 1.99. The predicted molar refractivity (Wildman–Crippen MR) is 51.1 cm³/mol. The fraction of sp³-hybridized carbons (Fsp3) is 0.0909. The standard InChI is InChI=1S/C11H8NO/c13-8-6-9-5-7-12-11-4-2-1-3-10(9)11/h1-5,7H,6H2. The highest BCUT2D eigenvalue weighted by molar-refractivity contribution is 5.83. The van der Waals surface area contributed by atoms with Gasteiger partial charge in [0.25, 0.3) is 0 Å². The van der Waals surface area contributed by atoms with Gasteiger partial charge in [0.2, 0.25) is 6.29 Å². The minimum atomic E-state index is 0.336. The van der Waals surface area contributed by atoms with Crippen LogP contribution < -0.4 is 0 Å². The maximum Gasteiger partial charge on any atom is 0.203 e. The zero-order valence-corrected chi connectivity index (χ0v) is 7.03. The second kappa shape index (κ2) is 3.35. The maximum absolute atomic E-state index is 10.3. The molecule has 0 bridgehead atoms. The van der Waals surface area contributed by atoms with Gasteiger partial charge in [-0.1, -0.05) is 18.2 Å². The van der Waals surface area contributed by atoms with Gasteiger partial charge in [0.05, 0.1) is 5.52 Å². The molecule has 13 heavy (non-hydrogen) atoms. The van der Waals surface area contributed by atoms with E-state index in [1.807, 2.05) is 36.6 Å². The number of fused-ring (bicyclic) bond motifs is 1. The molecule has 2 rings (SSSR count). The molecule has 1 radical (unpaired) electrons. The van der Waals surface area contributed by atoms with E-state index in [0.717, 1.165) is 16.5 Å². The summed E-state index contributed by atoms with van der Waals surface area (Å²) in [6.07, 6.45) is 3.95. The number of pyridine rings is 1. The summed E-state index contributed by atoms with van der Waals surface area (Å²) >= 11 is 0. The minimum absolute atomic E-state index is 0.336. The molecule has 0 N–H and O–H groups in total. The van der Waals surface area contributed by atoms with Crippen LogP contribution in [0.15, 0.2) is 36.5 Å². The van der Waals surface area contributed by atoms with Crippen molar-refractivity contribution in [3.63, 3.8) is 0 Å². The average Bonchev–Trinajstić information content (AvgIpc) is 2.19. The van der Waals surface area contributed by atoms with E-state index in [0.29, 0.717) is 6.42 Å². The normalized spacial score (nSPS) is 10.2. The summed E-state index contributed by atoms with van der Waals surface area (Å²) in [7, 11) is 0. The van der Waals surface area contributed by atoms with E-state index < -0.39 is 0 Å². The molecule has 0 aliphatic heterocycles. The lowest BCUT2D eigenvalue weighted by Crippen LogP contribution is -1.89. The van der Waals surface area contributed by atoms with Crippen molar-refractivity contribution in [1.82, 2.24) is 4.98 Å². The van der Waals surface area contributed by atoms with Gasteiger partial charge in [-0.3, -0.25) is 9.78 Å². The Hall–Kier alpha value is -1.70. The Bertz CT molecular complexity index is 432. The van der Waals surface area contributed by atoms with Gasteiger partial charge in [-0.05, 0) is 17.7 Å². The largest absolute Gasteiger partial charge is 0.291 e. The number of carbonyl (C=O) groups excluding carboxylic acids is 1. The van der Waals surface area contributed by atoms with Crippen molar-refractivity contribution in [3.8, 4) is 0 Å². The van der Waals surface area contributed by atoms with Crippen molar-refractivity contribution >= 4 is 17.2 Å². The Morgan fingerprint density at radius 3 is 2.92 bits per heavy atom. The molecule has 0 unspecified atom stereocenters. The third kappa shape index (κ3) is 1.43. The first-order valence-corrected chi connectivity index (χ1v) is 4.09. The van der Waals surface area contributed by atoms with Crippen molar-refractivity contribution in [3.05, 3.63) is 42.1 Å². The molecule has 0 atom stereocenters. The number of benzene rings is 1. The Morgan fingerprint density at radius 2 is 2.08 bits per heavy atom. The number of aromatic nitrogens is 1. The molecule has 0 aliphatic rings. The molecule has 0 amide bonds. The fourth-order valence-electron chi connectivity index (χ4n) is 1.39. The van der Waals surface area contributed by atoms with E-state index in [1.54, 1.807) is 6.20 Å². The summed E-state index contributed by atoms with van der Waals surface area (Å²) in [5.74, 6) is 0. The number of para-hydroxylation sites is 1. The average molecular weight is 170 g/mol. The van der Waals surface area contributed by atoms with Gasteiger partial charge in [-0.15, -0.1) is 0 Å². The molecule has 0 aliphatic carbocycles. The summed E-state index contributed by atoms with van der Waals surface area (Å²) in [6.45, 7) is 0. The van der Waals surface area contributed by atoms with Gasteiger partial charge in [-0.2, -0.15) is 0 Å². The third-order valence-electron chi connectivity index (χ3n) is 2.00. The first-order valence-electron chi connectivity index (χ1n) is 4.09. The molecule has 0 saturated carbocycles. The van der Waals surface area contributed by atoms with Crippen LogP contribution >= 0.6 is 0 Å². The molecular weight excluding hydrogens is 162 g/mol. The lowest BCUT2D eigenvalue weighted by atomic mass is 10.1. The van der Waals surface area contributed by atoms with Gasteiger partial charge >= 0.3 is 0 Å². The van der Waals surface area contributed by atoms with Crippen LogP contribution in [0.25, 0.3) is 10.9 Å². The molecule has 0 saturated heterocycles. The molecule has 2 aromatic rings. The second-order valence-corrected chi connectivity index (χ2v) is 2.81. The van der Waals surface area contributed by atoms with E-state index in [2.05, 4.69) is 4.98 Å². The van der Waals surface area contributed by atoms with E-state index in [9.17, 15) is 4.79 Å². The number of nitrogens with zero attached hydrogens (tertiary/aromatic N) is 1. The summed E-state index contributed by atoms with van der Waals surface area (Å²) in [4.78, 5) is 14.5. The summed E-state index contributed by atoms with van der Waals surface area (Å²) < 4.78 is 0. The van der Waals surface area contributed by atoms with Gasteiger partial charge in [-0.25, -0.2) is 0 Å². The van der Waals surface area contributed by atoms with Crippen molar-refractivity contribution in [2.75, 3.05) is 0 Å². The van der Waals surface area contributed by atoms with Gasteiger partial charge in [0, 0.05) is 18.0 Å². The summed E-state index contributed by atoms with van der Waals surface area (Å²) in [6, 6.07) is 9.63. The van der Waals surface area contributed by atoms with Crippen molar-refractivity contribution < 1.29 is 4.79 Å². The zero-order valence-electron chi connectivity index (χ0n) is 7.03. The van der Waals surface area contributed by atoms with Crippen LogP contribution in [-0.2, 0) is 11.2 Å². The van der Waals surface area contributed by atoms with Gasteiger partial charge in [0.15, 0.2) is 0 Å². The van der Waals surface area contributed by atoms with Crippen molar-refractivity contribution in [1.29, 1.82) is 0 Å². The lowest BCUT2D eigenvalue weighted by molar-refractivity contribution is 0.555. The molecule has 2 nitrogen and oxygen atoms in total. The van der Waals surface area contributed by atoms with Crippen LogP contribution in [-0.4, -0.2) is 11.3 Å². The summed E-state index contributed by atoms with van der Waals surface area (Å²) in [5, 5.41) is 1.04. The Morgan fingerprint density at radius 1 is 1.23 bits per heavy atom. The highest BCUT2D eigenvalue weighted by Crippen LogP contribution is 2.15. The minimum Gasteiger partial charge on any atom is -0.291 e. The molecule has 1 aromatic heterocycles. The Balaban J connectivity index is 2.68. The summed E-state index contributed by atoms with van der Waals surface area (Å²) in [5.41, 5.74) is 1.91. The molecule has 0 spiro atoms. The van der Waals surface area contributed by atoms with Gasteiger partial charge in [0.1, 0.15) is 0 Å². The smallest absolute Gasteiger partial charge is 0.203 e. The fourth-order valence-corrected chi connectivity index (χ4v) is 1.39. The van der Waals surface area contributed by atoms with Gasteiger partial charge < -0.3 is 0 Å². The quantitative estimate of drug-likeness (QED) is 0.688. The lowest BCUT2D eigenvalue weighted by Gasteiger charge is -2.00. The first kappa shape index (κ1) is 7.92. The number of rotatable bonds is 2. The van der Waals surface area contributed by atoms with Crippen LogP contribution in [0, 0.1) is 0 Å². The third-order valence-corrected chi connectivity index (χ3v) is 2.00. The topological polar surface area (TPSA) is 30.0 Å². The van der Waals surface area contributed by atoms with Crippen LogP contribution in [0.4, 0.5) is 0 Å². The monoisotopic (exact) mass is 170 g/mol. The van der Waals surface area contributed by atoms with Crippen LogP contribution in [0.1, 0.15) is 5.56 Å². The van der Waals surface area contributed by atoms with E-state index in [1.165, 1.54) is 0 Å². The second-order valence-electron chi connectivity index (χ2n) is 2.81. The predicted octanol–water partition coefficient (Wildman–Crippen LogP) is 1.89. The number of hydrogen-bond donors (Lipinski definition) is 0. The Labute approximate surface area is 76.2 Å². The van der Waals surface area contributed by atoms with Crippen molar-refractivity contribution in [2.24, 2.45) is 0 Å². The van der Waals surface area contributed by atoms with E-state index in [4.69, 9.17) is 0 Å². The molecule has 1 aromatic carbocycles. The SMILES string of the molecule is O=[C]Cc1ccnc2ccccc12. The molecular formula is C11H8NO. The van der Waals surface area contributed by atoms with Crippen LogP contribution in [0.3, 0.4) is 0 Å². The number of hydrogen-bond acceptors (Lipinski definition) is 2. The first-order chi connectivity index (χ1) is 6.42.